The molecule has 0 spiro atoms. The van der Waals surface area contributed by atoms with E-state index in [9.17, 15) is 4.79 Å². The quantitative estimate of drug-likeness (QED) is 0.887. The first-order chi connectivity index (χ1) is 11.7. The summed E-state index contributed by atoms with van der Waals surface area (Å²) >= 11 is 5.97. The lowest BCUT2D eigenvalue weighted by Crippen LogP contribution is -2.40. The van der Waals surface area contributed by atoms with Crippen LogP contribution < -0.4 is 15.4 Å². The molecule has 0 aliphatic heterocycles. The van der Waals surface area contributed by atoms with Crippen LogP contribution in [0.25, 0.3) is 0 Å². The number of ether oxygens (including phenoxy) is 1. The van der Waals surface area contributed by atoms with Crippen LogP contribution in [0, 0.1) is 0 Å². The molecule has 0 bridgehead atoms. The van der Waals surface area contributed by atoms with Gasteiger partial charge in [-0.25, -0.2) is 14.5 Å². The van der Waals surface area contributed by atoms with Crippen molar-refractivity contribution in [1.82, 2.24) is 20.1 Å². The molecule has 128 valence electrons. The van der Waals surface area contributed by atoms with E-state index in [0.717, 1.165) is 25.7 Å². The second-order valence-corrected chi connectivity index (χ2v) is 6.26. The van der Waals surface area contributed by atoms with Gasteiger partial charge in [-0.15, -0.1) is 0 Å². The van der Waals surface area contributed by atoms with Gasteiger partial charge < -0.3 is 15.4 Å². The number of methoxy groups -OCH3 is 1. The number of amides is 2. The van der Waals surface area contributed by atoms with E-state index in [2.05, 4.69) is 20.7 Å². The maximum atomic E-state index is 12.2. The number of benzene rings is 1. The standard InChI is InChI=1S/C16H20ClN5O2/c1-24-15-7-2-11(17)8-14(15)21-16(23)20-12-3-5-13(6-4-12)22-10-18-9-19-22/h2,7-10,12-13H,3-6H2,1H3,(H2,20,21,23). The van der Waals surface area contributed by atoms with Crippen LogP contribution >= 0.6 is 11.6 Å². The molecule has 1 saturated carbocycles. The molecule has 0 saturated heterocycles. The third kappa shape index (κ3) is 3.97. The summed E-state index contributed by atoms with van der Waals surface area (Å²) in [6.07, 6.45) is 7.05. The number of halogens is 1. The highest BCUT2D eigenvalue weighted by atomic mass is 35.5. The molecule has 7 nitrogen and oxygen atoms in total. The van der Waals surface area contributed by atoms with E-state index in [1.165, 1.54) is 0 Å². The van der Waals surface area contributed by atoms with Crippen LogP contribution in [-0.4, -0.2) is 33.9 Å². The van der Waals surface area contributed by atoms with Crippen molar-refractivity contribution >= 4 is 23.3 Å². The lowest BCUT2D eigenvalue weighted by molar-refractivity contribution is 0.235. The van der Waals surface area contributed by atoms with Crippen LogP contribution in [0.5, 0.6) is 5.75 Å². The predicted octanol–water partition coefficient (Wildman–Crippen LogP) is 3.25. The Morgan fingerprint density at radius 1 is 1.33 bits per heavy atom. The molecule has 1 fully saturated rings. The molecule has 24 heavy (non-hydrogen) atoms. The summed E-state index contributed by atoms with van der Waals surface area (Å²) in [5.41, 5.74) is 0.554. The molecule has 1 aromatic carbocycles. The summed E-state index contributed by atoms with van der Waals surface area (Å²) in [5, 5.41) is 10.5. The number of carbonyl (C=O) groups is 1. The summed E-state index contributed by atoms with van der Waals surface area (Å²) in [5.74, 6) is 0.574. The normalized spacial score (nSPS) is 20.4. The average molecular weight is 350 g/mol. The van der Waals surface area contributed by atoms with E-state index in [0.29, 0.717) is 22.5 Å². The molecular formula is C16H20ClN5O2. The van der Waals surface area contributed by atoms with Gasteiger partial charge in [-0.1, -0.05) is 11.6 Å². The smallest absolute Gasteiger partial charge is 0.319 e. The summed E-state index contributed by atoms with van der Waals surface area (Å²) in [6.45, 7) is 0. The fraction of sp³-hybridized carbons (Fsp3) is 0.438. The summed E-state index contributed by atoms with van der Waals surface area (Å²) in [7, 11) is 1.55. The molecular weight excluding hydrogens is 330 g/mol. The number of hydrogen-bond acceptors (Lipinski definition) is 4. The van der Waals surface area contributed by atoms with Crippen LogP contribution in [-0.2, 0) is 0 Å². The molecule has 1 aromatic heterocycles. The number of carbonyl (C=O) groups excluding carboxylic acids is 1. The lowest BCUT2D eigenvalue weighted by atomic mass is 9.91. The molecule has 0 unspecified atom stereocenters. The first kappa shape index (κ1) is 16.6. The summed E-state index contributed by atoms with van der Waals surface area (Å²) in [4.78, 5) is 16.2. The van der Waals surface area contributed by atoms with Crippen LogP contribution in [0.1, 0.15) is 31.7 Å². The van der Waals surface area contributed by atoms with Gasteiger partial charge in [0.2, 0.25) is 0 Å². The maximum absolute atomic E-state index is 12.2. The summed E-state index contributed by atoms with van der Waals surface area (Å²) in [6, 6.07) is 5.37. The number of rotatable bonds is 4. The topological polar surface area (TPSA) is 81.1 Å². The van der Waals surface area contributed by atoms with Crippen LogP contribution in [0.4, 0.5) is 10.5 Å². The van der Waals surface area contributed by atoms with Gasteiger partial charge >= 0.3 is 6.03 Å². The van der Waals surface area contributed by atoms with Crippen LogP contribution in [0.15, 0.2) is 30.9 Å². The molecule has 0 atom stereocenters. The van der Waals surface area contributed by atoms with E-state index in [1.807, 2.05) is 4.68 Å². The fourth-order valence-corrected chi connectivity index (χ4v) is 3.18. The van der Waals surface area contributed by atoms with Gasteiger partial charge in [0.1, 0.15) is 18.4 Å². The van der Waals surface area contributed by atoms with Gasteiger partial charge in [0.15, 0.2) is 0 Å². The zero-order valence-electron chi connectivity index (χ0n) is 13.4. The van der Waals surface area contributed by atoms with Crippen molar-refractivity contribution in [2.45, 2.75) is 37.8 Å². The van der Waals surface area contributed by atoms with Gasteiger partial charge in [-0.05, 0) is 43.9 Å². The number of hydrogen-bond donors (Lipinski definition) is 2. The van der Waals surface area contributed by atoms with E-state index in [1.54, 1.807) is 38.0 Å². The molecule has 2 N–H and O–H groups in total. The Bertz CT molecular complexity index is 684. The molecule has 2 amide bonds. The van der Waals surface area contributed by atoms with Gasteiger partial charge in [-0.2, -0.15) is 5.10 Å². The van der Waals surface area contributed by atoms with Gasteiger partial charge in [0.05, 0.1) is 18.8 Å². The molecule has 0 radical (unpaired) electrons. The van der Waals surface area contributed by atoms with Crippen molar-refractivity contribution in [3.63, 3.8) is 0 Å². The highest BCUT2D eigenvalue weighted by Gasteiger charge is 2.24. The van der Waals surface area contributed by atoms with Crippen molar-refractivity contribution in [2.75, 3.05) is 12.4 Å². The average Bonchev–Trinajstić information content (AvgIpc) is 3.10. The van der Waals surface area contributed by atoms with Crippen molar-refractivity contribution in [3.8, 4) is 5.75 Å². The van der Waals surface area contributed by atoms with E-state index in [-0.39, 0.29) is 12.1 Å². The number of anilines is 1. The third-order valence-corrected chi connectivity index (χ3v) is 4.49. The SMILES string of the molecule is COc1ccc(Cl)cc1NC(=O)NC1CCC(n2cncn2)CC1. The van der Waals surface area contributed by atoms with E-state index in [4.69, 9.17) is 16.3 Å². The van der Waals surface area contributed by atoms with E-state index < -0.39 is 0 Å². The Balaban J connectivity index is 1.52. The van der Waals surface area contributed by atoms with Crippen molar-refractivity contribution in [1.29, 1.82) is 0 Å². The van der Waals surface area contributed by atoms with Gasteiger partial charge in [0, 0.05) is 11.1 Å². The number of nitrogens with one attached hydrogen (secondary N) is 2. The molecule has 1 aliphatic carbocycles. The lowest BCUT2D eigenvalue weighted by Gasteiger charge is -2.29. The van der Waals surface area contributed by atoms with Crippen LogP contribution in [0.2, 0.25) is 5.02 Å². The third-order valence-electron chi connectivity index (χ3n) is 4.25. The van der Waals surface area contributed by atoms with Crippen molar-refractivity contribution in [2.24, 2.45) is 0 Å². The number of nitrogens with zero attached hydrogens (tertiary/aromatic N) is 3. The van der Waals surface area contributed by atoms with E-state index >= 15 is 0 Å². The number of urea groups is 1. The van der Waals surface area contributed by atoms with Crippen LogP contribution in [0.3, 0.4) is 0 Å². The monoisotopic (exact) mass is 349 g/mol. The minimum Gasteiger partial charge on any atom is -0.495 e. The van der Waals surface area contributed by atoms with Gasteiger partial charge in [-0.3, -0.25) is 0 Å². The minimum atomic E-state index is -0.250. The molecule has 1 heterocycles. The zero-order chi connectivity index (χ0) is 16.9. The molecule has 1 aliphatic rings. The van der Waals surface area contributed by atoms with Crippen molar-refractivity contribution < 1.29 is 9.53 Å². The Morgan fingerprint density at radius 2 is 2.12 bits per heavy atom. The molecule has 2 aromatic rings. The second kappa shape index (κ2) is 7.53. The highest BCUT2D eigenvalue weighted by Crippen LogP contribution is 2.29. The van der Waals surface area contributed by atoms with Crippen molar-refractivity contribution in [3.05, 3.63) is 35.9 Å². The first-order valence-corrected chi connectivity index (χ1v) is 8.28. The summed E-state index contributed by atoms with van der Waals surface area (Å²) < 4.78 is 7.13. The second-order valence-electron chi connectivity index (χ2n) is 5.82. The molecule has 8 heteroatoms. The largest absolute Gasteiger partial charge is 0.495 e. The predicted molar refractivity (Wildman–Crippen MR) is 91.5 cm³/mol. The zero-order valence-corrected chi connectivity index (χ0v) is 14.2. The first-order valence-electron chi connectivity index (χ1n) is 7.91. The Labute approximate surface area is 145 Å². The van der Waals surface area contributed by atoms with Gasteiger partial charge in [0.25, 0.3) is 0 Å². The Hall–Kier alpha value is -2.28. The maximum Gasteiger partial charge on any atom is 0.319 e. The minimum absolute atomic E-state index is 0.148. The number of aromatic nitrogens is 3. The molecule has 3 rings (SSSR count). The highest BCUT2D eigenvalue weighted by molar-refractivity contribution is 6.31. The Kier molecular flexibility index (Phi) is 5.20. The fourth-order valence-electron chi connectivity index (χ4n) is 3.01. The Morgan fingerprint density at radius 3 is 2.79 bits per heavy atom.